The van der Waals surface area contributed by atoms with Crippen molar-refractivity contribution in [3.8, 4) is 0 Å². The minimum atomic E-state index is -1.06. The summed E-state index contributed by atoms with van der Waals surface area (Å²) in [6.45, 7) is 0.924. The van der Waals surface area contributed by atoms with Crippen molar-refractivity contribution >= 4 is 45.9 Å². The smallest absolute Gasteiger partial charge is 0.326 e. The Labute approximate surface area is 175 Å². The normalized spacial score (nSPS) is 11.7. The van der Waals surface area contributed by atoms with Crippen molar-refractivity contribution in [1.82, 2.24) is 10.3 Å². The quantitative estimate of drug-likeness (QED) is 0.256. The van der Waals surface area contributed by atoms with Crippen LogP contribution in [-0.2, 0) is 9.53 Å². The van der Waals surface area contributed by atoms with Gasteiger partial charge < -0.3 is 15.0 Å². The third-order valence-electron chi connectivity index (χ3n) is 4.33. The maximum Gasteiger partial charge on any atom is 0.326 e. The number of nitrogens with zero attached hydrogens (tertiary/aromatic N) is 1. The second-order valence-corrected chi connectivity index (χ2v) is 6.76. The van der Waals surface area contributed by atoms with Crippen LogP contribution in [0.25, 0.3) is 10.9 Å². The molecule has 0 fully saturated rings. The van der Waals surface area contributed by atoms with Gasteiger partial charge >= 0.3 is 5.97 Å². The number of benzene rings is 2. The number of hydrogen-bond acceptors (Lipinski definition) is 6. The number of carbonyl (C=O) groups is 3. The number of nitrogens with one attached hydrogen (secondary N) is 2. The molecule has 2 N–H and O–H groups in total. The fraction of sp³-hybridized carbons (Fsp3) is 0.150. The van der Waals surface area contributed by atoms with Gasteiger partial charge in [-0.1, -0.05) is 29.8 Å². The van der Waals surface area contributed by atoms with E-state index in [9.17, 15) is 24.5 Å². The number of halogens is 1. The minimum absolute atomic E-state index is 0.0400. The van der Waals surface area contributed by atoms with Crippen LogP contribution in [0.2, 0.25) is 5.02 Å². The van der Waals surface area contributed by atoms with Gasteiger partial charge in [-0.15, -0.1) is 0 Å². The van der Waals surface area contributed by atoms with E-state index in [4.69, 9.17) is 16.3 Å². The largest absolute Gasteiger partial charge is 0.453 e. The molecule has 0 saturated carbocycles. The Bertz CT molecular complexity index is 1160. The zero-order valence-electron chi connectivity index (χ0n) is 15.7. The average Bonchev–Trinajstić information content (AvgIpc) is 3.15. The van der Waals surface area contributed by atoms with Gasteiger partial charge in [0.2, 0.25) is 5.78 Å². The fourth-order valence-corrected chi connectivity index (χ4v) is 3.02. The van der Waals surface area contributed by atoms with Crippen molar-refractivity contribution < 1.29 is 24.0 Å². The standard InChI is InChI=1S/C20H16ClN3O6/c1-11(19(26)14-9-22-16-5-3-2-4-13(14)16)30-18(25)10-23-20(27)12-6-7-15(21)17(8-12)24(28)29/h2-9,11,22H,10H2,1H3,(H,23,27). The molecule has 10 heteroatoms. The van der Waals surface area contributed by atoms with Crippen LogP contribution >= 0.6 is 11.6 Å². The molecule has 3 aromatic rings. The third-order valence-corrected chi connectivity index (χ3v) is 4.65. The highest BCUT2D eigenvalue weighted by atomic mass is 35.5. The van der Waals surface area contributed by atoms with E-state index in [-0.39, 0.29) is 16.4 Å². The predicted octanol–water partition coefficient (Wildman–Crippen LogP) is 3.27. The molecule has 1 atom stereocenters. The highest BCUT2D eigenvalue weighted by Crippen LogP contribution is 2.25. The van der Waals surface area contributed by atoms with Gasteiger partial charge in [0.25, 0.3) is 11.6 Å². The van der Waals surface area contributed by atoms with Crippen LogP contribution in [0.1, 0.15) is 27.6 Å². The molecule has 0 spiro atoms. The lowest BCUT2D eigenvalue weighted by molar-refractivity contribution is -0.384. The topological polar surface area (TPSA) is 131 Å². The second-order valence-electron chi connectivity index (χ2n) is 6.35. The first-order valence-electron chi connectivity index (χ1n) is 8.80. The average molecular weight is 430 g/mol. The van der Waals surface area contributed by atoms with Crippen LogP contribution in [0.5, 0.6) is 0 Å². The summed E-state index contributed by atoms with van der Waals surface area (Å²) in [6, 6.07) is 10.7. The number of nitro benzene ring substituents is 1. The number of amides is 1. The number of aromatic nitrogens is 1. The van der Waals surface area contributed by atoms with Gasteiger partial charge in [0.05, 0.1) is 4.92 Å². The van der Waals surface area contributed by atoms with Gasteiger partial charge in [-0.3, -0.25) is 24.5 Å². The number of Topliss-reactive ketones (excluding diaryl/α,β-unsaturated/α-hetero) is 1. The van der Waals surface area contributed by atoms with Crippen LogP contribution in [0.15, 0.2) is 48.7 Å². The summed E-state index contributed by atoms with van der Waals surface area (Å²) in [5.74, 6) is -1.93. The lowest BCUT2D eigenvalue weighted by Gasteiger charge is -2.12. The van der Waals surface area contributed by atoms with E-state index in [1.54, 1.807) is 18.3 Å². The number of ketones is 1. The molecule has 3 rings (SSSR count). The maximum absolute atomic E-state index is 12.6. The summed E-state index contributed by atoms with van der Waals surface area (Å²) >= 11 is 5.71. The van der Waals surface area contributed by atoms with Crippen LogP contribution in [0.3, 0.4) is 0 Å². The Morgan fingerprint density at radius 1 is 1.23 bits per heavy atom. The number of nitro groups is 1. The number of carbonyl (C=O) groups excluding carboxylic acids is 3. The lowest BCUT2D eigenvalue weighted by Crippen LogP contribution is -2.34. The Morgan fingerprint density at radius 3 is 2.70 bits per heavy atom. The number of hydrogen-bond donors (Lipinski definition) is 2. The van der Waals surface area contributed by atoms with E-state index in [2.05, 4.69) is 10.3 Å². The van der Waals surface area contributed by atoms with E-state index >= 15 is 0 Å². The molecule has 2 aromatic carbocycles. The van der Waals surface area contributed by atoms with E-state index in [1.807, 2.05) is 12.1 Å². The zero-order chi connectivity index (χ0) is 21.8. The molecule has 1 unspecified atom stereocenters. The second kappa shape index (κ2) is 8.75. The number of rotatable bonds is 7. The summed E-state index contributed by atoms with van der Waals surface area (Å²) in [7, 11) is 0. The van der Waals surface area contributed by atoms with Crippen molar-refractivity contribution in [1.29, 1.82) is 0 Å². The highest BCUT2D eigenvalue weighted by Gasteiger charge is 2.23. The van der Waals surface area contributed by atoms with Gasteiger partial charge in [-0.05, 0) is 25.1 Å². The predicted molar refractivity (Wildman–Crippen MR) is 109 cm³/mol. The Kier molecular flexibility index (Phi) is 6.12. The monoisotopic (exact) mass is 429 g/mol. The molecule has 0 bridgehead atoms. The number of esters is 1. The lowest BCUT2D eigenvalue weighted by atomic mass is 10.1. The molecule has 0 radical (unpaired) electrons. The van der Waals surface area contributed by atoms with Crippen LogP contribution in [0, 0.1) is 10.1 Å². The summed E-state index contributed by atoms with van der Waals surface area (Å²) < 4.78 is 5.11. The van der Waals surface area contributed by atoms with E-state index < -0.39 is 35.1 Å². The molecular formula is C20H16ClN3O6. The van der Waals surface area contributed by atoms with Crippen LogP contribution in [0.4, 0.5) is 5.69 Å². The summed E-state index contributed by atoms with van der Waals surface area (Å²) in [6.07, 6.45) is 0.484. The fourth-order valence-electron chi connectivity index (χ4n) is 2.84. The van der Waals surface area contributed by atoms with Gasteiger partial charge in [0.1, 0.15) is 11.6 Å². The van der Waals surface area contributed by atoms with Crippen molar-refractivity contribution in [3.05, 3.63) is 74.9 Å². The van der Waals surface area contributed by atoms with Gasteiger partial charge in [0, 0.05) is 34.3 Å². The Balaban J connectivity index is 1.59. The third kappa shape index (κ3) is 4.47. The molecular weight excluding hydrogens is 414 g/mol. The van der Waals surface area contributed by atoms with E-state index in [0.29, 0.717) is 10.9 Å². The van der Waals surface area contributed by atoms with Gasteiger partial charge in [0.15, 0.2) is 6.10 Å². The molecule has 154 valence electrons. The van der Waals surface area contributed by atoms with Crippen molar-refractivity contribution in [2.45, 2.75) is 13.0 Å². The molecule has 0 saturated heterocycles. The highest BCUT2D eigenvalue weighted by molar-refractivity contribution is 6.32. The van der Waals surface area contributed by atoms with Crippen LogP contribution in [-0.4, -0.2) is 40.2 Å². The molecule has 1 amide bonds. The molecule has 0 aliphatic carbocycles. The van der Waals surface area contributed by atoms with Crippen molar-refractivity contribution in [2.24, 2.45) is 0 Å². The SMILES string of the molecule is CC(OC(=O)CNC(=O)c1ccc(Cl)c([N+](=O)[O-])c1)C(=O)c1c[nH]c2ccccc12. The number of aromatic amines is 1. The Hall–Kier alpha value is -3.72. The van der Waals surface area contributed by atoms with E-state index in [0.717, 1.165) is 11.6 Å². The first kappa shape index (κ1) is 21.0. The zero-order valence-corrected chi connectivity index (χ0v) is 16.4. The molecule has 9 nitrogen and oxygen atoms in total. The summed E-state index contributed by atoms with van der Waals surface area (Å²) in [4.78, 5) is 49.9. The molecule has 0 aliphatic heterocycles. The Morgan fingerprint density at radius 2 is 1.97 bits per heavy atom. The van der Waals surface area contributed by atoms with Gasteiger partial charge in [-0.2, -0.15) is 0 Å². The molecule has 0 aliphatic rings. The summed E-state index contributed by atoms with van der Waals surface area (Å²) in [5.41, 5.74) is 0.707. The summed E-state index contributed by atoms with van der Waals surface area (Å²) in [5, 5.41) is 13.8. The molecule has 30 heavy (non-hydrogen) atoms. The van der Waals surface area contributed by atoms with Crippen molar-refractivity contribution in [3.63, 3.8) is 0 Å². The minimum Gasteiger partial charge on any atom is -0.453 e. The molecule has 1 aromatic heterocycles. The number of para-hydroxylation sites is 1. The number of ether oxygens (including phenoxy) is 1. The number of fused-ring (bicyclic) bond motifs is 1. The van der Waals surface area contributed by atoms with E-state index in [1.165, 1.54) is 19.1 Å². The maximum atomic E-state index is 12.6. The number of H-pyrrole nitrogens is 1. The van der Waals surface area contributed by atoms with Crippen LogP contribution < -0.4 is 5.32 Å². The van der Waals surface area contributed by atoms with Crippen molar-refractivity contribution in [2.75, 3.05) is 6.54 Å². The van der Waals surface area contributed by atoms with Gasteiger partial charge in [-0.25, -0.2) is 0 Å². The first-order chi connectivity index (χ1) is 14.3. The molecule has 1 heterocycles. The first-order valence-corrected chi connectivity index (χ1v) is 9.17.